The molecule has 0 aliphatic rings. The molecule has 0 radical (unpaired) electrons. The van der Waals surface area contributed by atoms with Crippen LogP contribution in [0.15, 0.2) is 6.33 Å². The molecule has 1 unspecified atom stereocenters. The molecule has 1 aromatic rings. The molecule has 0 N–H and O–H groups in total. The monoisotopic (exact) mass is 190 g/mol. The Labute approximate surface area is 82.2 Å². The van der Waals surface area contributed by atoms with Crippen LogP contribution in [0.3, 0.4) is 0 Å². The van der Waals surface area contributed by atoms with Crippen LogP contribution in [0.2, 0.25) is 0 Å². The van der Waals surface area contributed by atoms with Crippen molar-refractivity contribution in [2.24, 2.45) is 0 Å². The summed E-state index contributed by atoms with van der Waals surface area (Å²) in [4.78, 5) is 3.82. The molecule has 0 bridgehead atoms. The summed E-state index contributed by atoms with van der Waals surface area (Å²) in [6.45, 7) is 2.40. The summed E-state index contributed by atoms with van der Waals surface area (Å²) in [5, 5.41) is 17.4. The third-order valence-corrected chi connectivity index (χ3v) is 1.91. The van der Waals surface area contributed by atoms with Gasteiger partial charge in [-0.25, -0.2) is 4.98 Å². The molecule has 0 saturated carbocycles. The first-order valence-electron chi connectivity index (χ1n) is 4.11. The van der Waals surface area contributed by atoms with Crippen LogP contribution in [0, 0.1) is 22.7 Å². The molecule has 0 aliphatic heterocycles. The van der Waals surface area contributed by atoms with E-state index in [2.05, 4.69) is 4.98 Å². The molecular formula is C9H10N4O. The molecule has 72 valence electrons. The smallest absolute Gasteiger partial charge is 0.176 e. The highest BCUT2D eigenvalue weighted by Gasteiger charge is 2.11. The Bertz CT molecular complexity index is 396. The molecule has 0 aliphatic carbocycles. The van der Waals surface area contributed by atoms with Gasteiger partial charge in [0, 0.05) is 7.11 Å². The van der Waals surface area contributed by atoms with Crippen molar-refractivity contribution in [2.75, 3.05) is 7.11 Å². The molecule has 0 saturated heterocycles. The standard InChI is InChI=1S/C9H10N4O/c1-7(14-2)5-13-6-12-8(3-10)9(13)4-11/h6-7H,5H2,1-2H3. The van der Waals surface area contributed by atoms with E-state index < -0.39 is 0 Å². The predicted molar refractivity (Wildman–Crippen MR) is 48.1 cm³/mol. The summed E-state index contributed by atoms with van der Waals surface area (Å²) in [6, 6.07) is 3.81. The summed E-state index contributed by atoms with van der Waals surface area (Å²) >= 11 is 0. The molecule has 1 heterocycles. The second-order valence-electron chi connectivity index (χ2n) is 2.86. The fourth-order valence-electron chi connectivity index (χ4n) is 1.07. The molecule has 0 amide bonds. The maximum atomic E-state index is 8.80. The number of hydrogen-bond donors (Lipinski definition) is 0. The van der Waals surface area contributed by atoms with Crippen LogP contribution in [-0.2, 0) is 11.3 Å². The van der Waals surface area contributed by atoms with Crippen molar-refractivity contribution < 1.29 is 4.74 Å². The summed E-state index contributed by atoms with van der Waals surface area (Å²) < 4.78 is 6.67. The van der Waals surface area contributed by atoms with Gasteiger partial charge in [-0.2, -0.15) is 10.5 Å². The average molecular weight is 190 g/mol. The largest absolute Gasteiger partial charge is 0.380 e. The predicted octanol–water partition coefficient (Wildman–Crippen LogP) is 0.661. The highest BCUT2D eigenvalue weighted by atomic mass is 16.5. The minimum Gasteiger partial charge on any atom is -0.380 e. The maximum Gasteiger partial charge on any atom is 0.176 e. The first kappa shape index (κ1) is 10.2. The van der Waals surface area contributed by atoms with E-state index in [-0.39, 0.29) is 17.5 Å². The third kappa shape index (κ3) is 1.90. The van der Waals surface area contributed by atoms with E-state index in [0.717, 1.165) is 0 Å². The Hall–Kier alpha value is -1.85. The van der Waals surface area contributed by atoms with E-state index in [1.165, 1.54) is 6.33 Å². The molecule has 14 heavy (non-hydrogen) atoms. The molecule has 0 aromatic carbocycles. The van der Waals surface area contributed by atoms with Gasteiger partial charge in [-0.05, 0) is 6.92 Å². The van der Waals surface area contributed by atoms with Crippen molar-refractivity contribution in [1.29, 1.82) is 10.5 Å². The number of imidazole rings is 1. The first-order valence-corrected chi connectivity index (χ1v) is 4.11. The van der Waals surface area contributed by atoms with Gasteiger partial charge in [0.25, 0.3) is 0 Å². The summed E-state index contributed by atoms with van der Waals surface area (Å²) in [7, 11) is 1.60. The van der Waals surface area contributed by atoms with Gasteiger partial charge in [-0.3, -0.25) is 0 Å². The number of aromatic nitrogens is 2. The van der Waals surface area contributed by atoms with Crippen LogP contribution in [0.25, 0.3) is 0 Å². The summed E-state index contributed by atoms with van der Waals surface area (Å²) in [5.41, 5.74) is 0.451. The quantitative estimate of drug-likeness (QED) is 0.701. The normalized spacial score (nSPS) is 11.7. The van der Waals surface area contributed by atoms with Crippen LogP contribution < -0.4 is 0 Å². The zero-order valence-electron chi connectivity index (χ0n) is 8.06. The zero-order chi connectivity index (χ0) is 10.6. The van der Waals surface area contributed by atoms with Crippen LogP contribution in [0.1, 0.15) is 18.3 Å². The van der Waals surface area contributed by atoms with Gasteiger partial charge >= 0.3 is 0 Å². The van der Waals surface area contributed by atoms with Gasteiger partial charge in [-0.1, -0.05) is 0 Å². The van der Waals surface area contributed by atoms with Gasteiger partial charge in [0.15, 0.2) is 11.4 Å². The highest BCUT2D eigenvalue weighted by Crippen LogP contribution is 2.06. The van der Waals surface area contributed by atoms with Crippen LogP contribution in [0.5, 0.6) is 0 Å². The van der Waals surface area contributed by atoms with Gasteiger partial charge in [0.1, 0.15) is 12.1 Å². The van der Waals surface area contributed by atoms with Crippen LogP contribution >= 0.6 is 0 Å². The first-order chi connectivity index (χ1) is 6.72. The van der Waals surface area contributed by atoms with Gasteiger partial charge < -0.3 is 9.30 Å². The molecular weight excluding hydrogens is 180 g/mol. The van der Waals surface area contributed by atoms with Crippen molar-refractivity contribution in [3.63, 3.8) is 0 Å². The van der Waals surface area contributed by atoms with Gasteiger partial charge in [-0.15, -0.1) is 0 Å². The second-order valence-corrected chi connectivity index (χ2v) is 2.86. The number of nitrogens with zero attached hydrogens (tertiary/aromatic N) is 4. The summed E-state index contributed by atoms with van der Waals surface area (Å²) in [5.74, 6) is 0. The fraction of sp³-hybridized carbons (Fsp3) is 0.444. The SMILES string of the molecule is COC(C)Cn1cnc(C#N)c1C#N. The Kier molecular flexibility index (Phi) is 3.22. The molecule has 1 atom stereocenters. The van der Waals surface area contributed by atoms with Crippen molar-refractivity contribution in [2.45, 2.75) is 19.6 Å². The number of methoxy groups -OCH3 is 1. The van der Waals surface area contributed by atoms with Crippen LogP contribution in [-0.4, -0.2) is 22.8 Å². The van der Waals surface area contributed by atoms with E-state index in [9.17, 15) is 0 Å². The number of ether oxygens (including phenoxy) is 1. The van der Waals surface area contributed by atoms with Crippen molar-refractivity contribution >= 4 is 0 Å². The molecule has 5 nitrogen and oxygen atoms in total. The number of hydrogen-bond acceptors (Lipinski definition) is 4. The maximum absolute atomic E-state index is 8.80. The van der Waals surface area contributed by atoms with E-state index in [1.54, 1.807) is 11.7 Å². The van der Waals surface area contributed by atoms with Crippen molar-refractivity contribution in [1.82, 2.24) is 9.55 Å². The molecule has 0 spiro atoms. The van der Waals surface area contributed by atoms with Gasteiger partial charge in [0.05, 0.1) is 19.0 Å². The van der Waals surface area contributed by atoms with Crippen LogP contribution in [0.4, 0.5) is 0 Å². The Morgan fingerprint density at radius 2 is 2.29 bits per heavy atom. The topological polar surface area (TPSA) is 74.6 Å². The lowest BCUT2D eigenvalue weighted by molar-refractivity contribution is 0.103. The summed E-state index contributed by atoms with van der Waals surface area (Å²) in [6.07, 6.45) is 1.47. The fourth-order valence-corrected chi connectivity index (χ4v) is 1.07. The molecule has 1 aromatic heterocycles. The van der Waals surface area contributed by atoms with Crippen molar-refractivity contribution in [3.8, 4) is 12.1 Å². The molecule has 5 heteroatoms. The number of rotatable bonds is 3. The lowest BCUT2D eigenvalue weighted by Crippen LogP contribution is -2.15. The minimum absolute atomic E-state index is 0.0113. The lowest BCUT2D eigenvalue weighted by atomic mass is 10.3. The Morgan fingerprint density at radius 3 is 2.79 bits per heavy atom. The average Bonchev–Trinajstić information content (AvgIpc) is 2.59. The second kappa shape index (κ2) is 4.40. The van der Waals surface area contributed by atoms with Gasteiger partial charge in [0.2, 0.25) is 0 Å². The van der Waals surface area contributed by atoms with E-state index in [4.69, 9.17) is 15.3 Å². The Balaban J connectivity index is 2.95. The third-order valence-electron chi connectivity index (χ3n) is 1.91. The Morgan fingerprint density at radius 1 is 1.57 bits per heavy atom. The zero-order valence-corrected chi connectivity index (χ0v) is 8.06. The number of nitriles is 2. The molecule has 0 fully saturated rings. The highest BCUT2D eigenvalue weighted by molar-refractivity contribution is 5.35. The molecule has 1 rings (SSSR count). The lowest BCUT2D eigenvalue weighted by Gasteiger charge is -2.10. The van der Waals surface area contributed by atoms with E-state index >= 15 is 0 Å². The van der Waals surface area contributed by atoms with E-state index in [1.807, 2.05) is 19.1 Å². The van der Waals surface area contributed by atoms with Crippen molar-refractivity contribution in [3.05, 3.63) is 17.7 Å². The van der Waals surface area contributed by atoms with E-state index in [0.29, 0.717) is 6.54 Å². The minimum atomic E-state index is -0.0113.